The molecule has 3 aromatic rings. The van der Waals surface area contributed by atoms with Crippen LogP contribution in [0, 0.1) is 0 Å². The lowest BCUT2D eigenvalue weighted by molar-refractivity contribution is 0.100. The van der Waals surface area contributed by atoms with E-state index in [-0.39, 0.29) is 16.3 Å². The molecule has 0 radical (unpaired) electrons. The molecule has 23 heavy (non-hydrogen) atoms. The molecule has 7 nitrogen and oxygen atoms in total. The zero-order valence-electron chi connectivity index (χ0n) is 12.2. The number of fused-ring (bicyclic) bond motifs is 1. The Bertz CT molecular complexity index is 1010. The van der Waals surface area contributed by atoms with Gasteiger partial charge in [-0.3, -0.25) is 14.2 Å². The Morgan fingerprint density at radius 2 is 1.87 bits per heavy atom. The number of benzene rings is 2. The Kier molecular flexibility index (Phi) is 3.53. The summed E-state index contributed by atoms with van der Waals surface area (Å²) >= 11 is 0. The van der Waals surface area contributed by atoms with Crippen molar-refractivity contribution in [2.24, 2.45) is 12.8 Å². The third-order valence-corrected chi connectivity index (χ3v) is 4.69. The highest BCUT2D eigenvalue weighted by atomic mass is 32.2. The summed E-state index contributed by atoms with van der Waals surface area (Å²) in [6, 6.07) is 12.2. The lowest BCUT2D eigenvalue weighted by atomic mass is 10.1. The molecule has 0 saturated carbocycles. The van der Waals surface area contributed by atoms with Gasteiger partial charge in [-0.25, -0.2) is 8.42 Å². The zero-order valence-corrected chi connectivity index (χ0v) is 13.0. The number of aryl methyl sites for hydroxylation is 1. The van der Waals surface area contributed by atoms with E-state index in [9.17, 15) is 13.2 Å². The van der Waals surface area contributed by atoms with E-state index in [1.807, 2.05) is 24.3 Å². The highest BCUT2D eigenvalue weighted by Crippen LogP contribution is 2.22. The summed E-state index contributed by atoms with van der Waals surface area (Å²) in [6.45, 7) is 0. The van der Waals surface area contributed by atoms with Crippen molar-refractivity contribution >= 4 is 32.5 Å². The fraction of sp³-hybridized carbons (Fsp3) is 0.0667. The first-order valence-electron chi connectivity index (χ1n) is 6.72. The monoisotopic (exact) mass is 330 g/mol. The average molecular weight is 330 g/mol. The van der Waals surface area contributed by atoms with Gasteiger partial charge >= 0.3 is 0 Å². The molecule has 1 aromatic heterocycles. The van der Waals surface area contributed by atoms with Gasteiger partial charge in [0, 0.05) is 13.2 Å². The SMILES string of the molecule is Cn1cc(C(N)=O)c(NS(=O)(=O)c2ccc3ccccc3c2)n1. The van der Waals surface area contributed by atoms with Crippen molar-refractivity contribution < 1.29 is 13.2 Å². The van der Waals surface area contributed by atoms with Crippen molar-refractivity contribution in [2.45, 2.75) is 4.90 Å². The van der Waals surface area contributed by atoms with Crippen LogP contribution in [0.2, 0.25) is 0 Å². The number of carbonyl (C=O) groups is 1. The second kappa shape index (κ2) is 5.40. The number of nitrogens with one attached hydrogen (secondary N) is 1. The van der Waals surface area contributed by atoms with Crippen LogP contribution in [0.1, 0.15) is 10.4 Å². The number of carbonyl (C=O) groups excluding carboxylic acids is 1. The van der Waals surface area contributed by atoms with Crippen LogP contribution in [0.3, 0.4) is 0 Å². The molecular weight excluding hydrogens is 316 g/mol. The molecule has 0 unspecified atom stereocenters. The highest BCUT2D eigenvalue weighted by molar-refractivity contribution is 7.92. The lowest BCUT2D eigenvalue weighted by Crippen LogP contribution is -2.18. The van der Waals surface area contributed by atoms with E-state index in [0.29, 0.717) is 0 Å². The van der Waals surface area contributed by atoms with Gasteiger partial charge in [0.2, 0.25) is 0 Å². The minimum atomic E-state index is -3.88. The van der Waals surface area contributed by atoms with E-state index in [0.717, 1.165) is 10.8 Å². The predicted molar refractivity (Wildman–Crippen MR) is 86.5 cm³/mol. The molecule has 0 atom stereocenters. The van der Waals surface area contributed by atoms with Crippen LogP contribution in [0.5, 0.6) is 0 Å². The predicted octanol–water partition coefficient (Wildman–Crippen LogP) is 1.47. The maximum Gasteiger partial charge on any atom is 0.263 e. The summed E-state index contributed by atoms with van der Waals surface area (Å²) in [5.74, 6) is -0.845. The minimum absolute atomic E-state index is 0.0110. The van der Waals surface area contributed by atoms with Crippen LogP contribution >= 0.6 is 0 Å². The van der Waals surface area contributed by atoms with Crippen LogP contribution in [0.4, 0.5) is 5.82 Å². The van der Waals surface area contributed by atoms with Crippen LogP contribution in [0.25, 0.3) is 10.8 Å². The maximum absolute atomic E-state index is 12.5. The topological polar surface area (TPSA) is 107 Å². The number of primary amides is 1. The van der Waals surface area contributed by atoms with Gasteiger partial charge in [-0.2, -0.15) is 5.10 Å². The first-order chi connectivity index (χ1) is 10.9. The summed E-state index contributed by atoms with van der Waals surface area (Å²) in [7, 11) is -2.31. The number of hydrogen-bond donors (Lipinski definition) is 2. The zero-order chi connectivity index (χ0) is 16.6. The number of nitrogens with two attached hydrogens (primary N) is 1. The number of amides is 1. The summed E-state index contributed by atoms with van der Waals surface area (Å²) < 4.78 is 28.7. The number of aromatic nitrogens is 2. The second-order valence-corrected chi connectivity index (χ2v) is 6.73. The van der Waals surface area contributed by atoms with Crippen LogP contribution in [-0.4, -0.2) is 24.1 Å². The summed E-state index contributed by atoms with van der Waals surface area (Å²) in [5, 5.41) is 5.66. The smallest absolute Gasteiger partial charge is 0.263 e. The number of hydrogen-bond acceptors (Lipinski definition) is 4. The van der Waals surface area contributed by atoms with Crippen molar-refractivity contribution in [3.05, 3.63) is 54.2 Å². The molecule has 0 aliphatic carbocycles. The molecule has 0 saturated heterocycles. The molecule has 0 fully saturated rings. The first-order valence-corrected chi connectivity index (χ1v) is 8.20. The van der Waals surface area contributed by atoms with Crippen LogP contribution in [-0.2, 0) is 17.1 Å². The van der Waals surface area contributed by atoms with Crippen molar-refractivity contribution in [1.82, 2.24) is 9.78 Å². The van der Waals surface area contributed by atoms with Gasteiger partial charge < -0.3 is 5.73 Å². The Balaban J connectivity index is 2.02. The standard InChI is InChI=1S/C15H14N4O3S/c1-19-9-13(14(16)20)15(17-19)18-23(21,22)12-7-6-10-4-2-3-5-11(10)8-12/h2-9H,1H3,(H2,16,20)(H,17,18). The van der Waals surface area contributed by atoms with Crippen LogP contribution in [0.15, 0.2) is 53.6 Å². The van der Waals surface area contributed by atoms with Gasteiger partial charge in [-0.05, 0) is 22.9 Å². The summed E-state index contributed by atoms with van der Waals surface area (Å²) in [4.78, 5) is 11.4. The van der Waals surface area contributed by atoms with Crippen molar-refractivity contribution in [2.75, 3.05) is 4.72 Å². The molecule has 3 rings (SSSR count). The molecule has 0 aliphatic rings. The van der Waals surface area contributed by atoms with Crippen molar-refractivity contribution in [3.63, 3.8) is 0 Å². The molecule has 0 aliphatic heterocycles. The van der Waals surface area contributed by atoms with Gasteiger partial charge in [-0.1, -0.05) is 30.3 Å². The quantitative estimate of drug-likeness (QED) is 0.755. The average Bonchev–Trinajstić information content (AvgIpc) is 2.87. The summed E-state index contributed by atoms with van der Waals surface area (Å²) in [5.41, 5.74) is 5.24. The first kappa shape index (κ1) is 15.0. The number of anilines is 1. The normalized spacial score (nSPS) is 11.5. The largest absolute Gasteiger partial charge is 0.365 e. The molecule has 118 valence electrons. The van der Waals surface area contributed by atoms with E-state index >= 15 is 0 Å². The molecular formula is C15H14N4O3S. The molecule has 1 amide bonds. The highest BCUT2D eigenvalue weighted by Gasteiger charge is 2.20. The van der Waals surface area contributed by atoms with E-state index < -0.39 is 15.9 Å². The number of sulfonamides is 1. The van der Waals surface area contributed by atoms with Crippen molar-refractivity contribution in [3.8, 4) is 0 Å². The van der Waals surface area contributed by atoms with Gasteiger partial charge in [0.15, 0.2) is 5.82 Å². The van der Waals surface area contributed by atoms with E-state index in [4.69, 9.17) is 5.73 Å². The molecule has 0 spiro atoms. The van der Waals surface area contributed by atoms with Gasteiger partial charge in [0.1, 0.15) is 5.56 Å². The molecule has 0 bridgehead atoms. The number of nitrogens with zero attached hydrogens (tertiary/aromatic N) is 2. The Morgan fingerprint density at radius 1 is 1.17 bits per heavy atom. The Labute approximate surface area is 132 Å². The Hall–Kier alpha value is -2.87. The number of rotatable bonds is 4. The second-order valence-electron chi connectivity index (χ2n) is 5.04. The summed E-state index contributed by atoms with van der Waals surface area (Å²) in [6.07, 6.45) is 1.36. The molecule has 3 N–H and O–H groups in total. The van der Waals surface area contributed by atoms with E-state index in [1.165, 1.54) is 16.9 Å². The Morgan fingerprint density at radius 3 is 2.57 bits per heavy atom. The van der Waals surface area contributed by atoms with Gasteiger partial charge in [0.25, 0.3) is 15.9 Å². The third-order valence-electron chi connectivity index (χ3n) is 3.36. The lowest BCUT2D eigenvalue weighted by Gasteiger charge is -2.07. The maximum atomic E-state index is 12.5. The fourth-order valence-corrected chi connectivity index (χ4v) is 3.32. The van der Waals surface area contributed by atoms with Crippen LogP contribution < -0.4 is 10.5 Å². The van der Waals surface area contributed by atoms with Gasteiger partial charge in [-0.15, -0.1) is 0 Å². The molecule has 8 heteroatoms. The van der Waals surface area contributed by atoms with E-state index in [1.54, 1.807) is 19.2 Å². The van der Waals surface area contributed by atoms with Crippen molar-refractivity contribution in [1.29, 1.82) is 0 Å². The van der Waals surface area contributed by atoms with Gasteiger partial charge in [0.05, 0.1) is 4.90 Å². The van der Waals surface area contributed by atoms with E-state index in [2.05, 4.69) is 9.82 Å². The third kappa shape index (κ3) is 2.88. The molecule has 1 heterocycles. The molecule has 2 aromatic carbocycles. The fourth-order valence-electron chi connectivity index (χ4n) is 2.26. The minimum Gasteiger partial charge on any atom is -0.365 e.